The molecule has 128 valence electrons. The molecule has 1 aromatic heterocycles. The molecule has 0 saturated carbocycles. The summed E-state index contributed by atoms with van der Waals surface area (Å²) in [6.45, 7) is 0. The molecular weight excluding hydrogens is 359 g/mol. The highest BCUT2D eigenvalue weighted by Crippen LogP contribution is 2.31. The molecule has 9 heteroatoms. The van der Waals surface area contributed by atoms with Gasteiger partial charge >= 0.3 is 12.2 Å². The topological polar surface area (TPSA) is 68.0 Å². The number of benzene rings is 2. The van der Waals surface area contributed by atoms with Crippen molar-refractivity contribution in [3.05, 3.63) is 64.7 Å². The monoisotopic (exact) mass is 367 g/mol. The zero-order valence-corrected chi connectivity index (χ0v) is 13.1. The van der Waals surface area contributed by atoms with Crippen LogP contribution in [0.3, 0.4) is 0 Å². The molecule has 1 heterocycles. The number of anilines is 1. The lowest BCUT2D eigenvalue weighted by atomic mass is 10.1. The summed E-state index contributed by atoms with van der Waals surface area (Å²) in [5, 5.41) is 10.1. The van der Waals surface area contributed by atoms with Crippen molar-refractivity contribution in [3.63, 3.8) is 0 Å². The maximum absolute atomic E-state index is 12.6. The largest absolute Gasteiger partial charge is 0.416 e. The molecule has 5 nitrogen and oxygen atoms in total. The van der Waals surface area contributed by atoms with Gasteiger partial charge in [-0.2, -0.15) is 13.2 Å². The number of alkyl halides is 3. The van der Waals surface area contributed by atoms with Crippen molar-refractivity contribution in [3.8, 4) is 11.5 Å². The Labute approximate surface area is 144 Å². The van der Waals surface area contributed by atoms with Gasteiger partial charge in [0.2, 0.25) is 5.89 Å². The van der Waals surface area contributed by atoms with Gasteiger partial charge in [-0.3, -0.25) is 10.1 Å². The lowest BCUT2D eigenvalue weighted by Crippen LogP contribution is -2.11. The number of aromatic nitrogens is 2. The Balaban J connectivity index is 1.75. The third kappa shape index (κ3) is 3.97. The summed E-state index contributed by atoms with van der Waals surface area (Å²) in [6.07, 6.45) is -4.43. The summed E-state index contributed by atoms with van der Waals surface area (Å²) in [4.78, 5) is 12.0. The van der Waals surface area contributed by atoms with E-state index in [9.17, 15) is 18.0 Å². The van der Waals surface area contributed by atoms with E-state index in [1.165, 1.54) is 18.2 Å². The van der Waals surface area contributed by atoms with Crippen LogP contribution in [-0.4, -0.2) is 16.1 Å². The molecule has 0 atom stereocenters. The van der Waals surface area contributed by atoms with Crippen LogP contribution in [0.2, 0.25) is 5.02 Å². The van der Waals surface area contributed by atoms with E-state index in [2.05, 4.69) is 15.5 Å². The first kappa shape index (κ1) is 17.0. The van der Waals surface area contributed by atoms with Gasteiger partial charge in [-0.1, -0.05) is 22.8 Å². The van der Waals surface area contributed by atoms with E-state index >= 15 is 0 Å². The Morgan fingerprint density at radius 2 is 1.80 bits per heavy atom. The number of halogens is 4. The molecule has 0 spiro atoms. The van der Waals surface area contributed by atoms with Crippen LogP contribution in [0.4, 0.5) is 19.2 Å². The zero-order chi connectivity index (χ0) is 18.0. The Morgan fingerprint density at radius 3 is 2.44 bits per heavy atom. The standard InChI is InChI=1S/C16H9ClF3N3O2/c17-12-3-1-2-10(8-12)13(24)21-15-23-22-14(25-15)9-4-6-11(7-5-9)16(18,19)20/h1-8H,(H,21,23,24). The van der Waals surface area contributed by atoms with Gasteiger partial charge in [-0.05, 0) is 42.5 Å². The predicted molar refractivity (Wildman–Crippen MR) is 84.1 cm³/mol. The van der Waals surface area contributed by atoms with Crippen LogP contribution in [0.1, 0.15) is 15.9 Å². The Hall–Kier alpha value is -2.87. The third-order valence-electron chi connectivity index (χ3n) is 3.19. The lowest BCUT2D eigenvalue weighted by Gasteiger charge is -2.05. The van der Waals surface area contributed by atoms with Crippen LogP contribution in [-0.2, 0) is 6.18 Å². The maximum atomic E-state index is 12.6. The highest BCUT2D eigenvalue weighted by molar-refractivity contribution is 6.31. The fourth-order valence-corrected chi connectivity index (χ4v) is 2.18. The summed E-state index contributed by atoms with van der Waals surface area (Å²) >= 11 is 5.81. The van der Waals surface area contributed by atoms with Crippen molar-refractivity contribution in [2.24, 2.45) is 0 Å². The van der Waals surface area contributed by atoms with E-state index in [0.29, 0.717) is 16.1 Å². The fourth-order valence-electron chi connectivity index (χ4n) is 1.99. The molecule has 0 aliphatic carbocycles. The van der Waals surface area contributed by atoms with Crippen molar-refractivity contribution in [1.29, 1.82) is 0 Å². The molecule has 0 radical (unpaired) electrons. The van der Waals surface area contributed by atoms with Crippen LogP contribution in [0, 0.1) is 0 Å². The number of rotatable bonds is 3. The Bertz CT molecular complexity index is 907. The van der Waals surface area contributed by atoms with Gasteiger partial charge in [-0.25, -0.2) is 0 Å². The zero-order valence-electron chi connectivity index (χ0n) is 12.3. The van der Waals surface area contributed by atoms with E-state index in [1.807, 2.05) is 0 Å². The molecule has 1 N–H and O–H groups in total. The minimum Gasteiger partial charge on any atom is -0.403 e. The van der Waals surface area contributed by atoms with Crippen LogP contribution >= 0.6 is 11.6 Å². The molecule has 3 aromatic rings. The summed E-state index contributed by atoms with van der Waals surface area (Å²) in [6, 6.07) is 10.3. The summed E-state index contributed by atoms with van der Waals surface area (Å²) < 4.78 is 42.9. The molecule has 0 aliphatic rings. The number of hydrogen-bond donors (Lipinski definition) is 1. The van der Waals surface area contributed by atoms with Crippen LogP contribution in [0.25, 0.3) is 11.5 Å². The normalized spacial score (nSPS) is 11.4. The molecule has 0 unspecified atom stereocenters. The Kier molecular flexibility index (Phi) is 4.45. The van der Waals surface area contributed by atoms with E-state index in [4.69, 9.17) is 16.0 Å². The second-order valence-electron chi connectivity index (χ2n) is 4.95. The smallest absolute Gasteiger partial charge is 0.403 e. The first-order valence-electron chi connectivity index (χ1n) is 6.91. The highest BCUT2D eigenvalue weighted by atomic mass is 35.5. The predicted octanol–water partition coefficient (Wildman–Crippen LogP) is 4.66. The lowest BCUT2D eigenvalue weighted by molar-refractivity contribution is -0.137. The van der Waals surface area contributed by atoms with Gasteiger partial charge in [0.1, 0.15) is 0 Å². The summed E-state index contributed by atoms with van der Waals surface area (Å²) in [5.74, 6) is -0.528. The molecule has 0 fully saturated rings. The van der Waals surface area contributed by atoms with Crippen molar-refractivity contribution in [2.45, 2.75) is 6.18 Å². The number of nitrogens with one attached hydrogen (secondary N) is 1. The number of nitrogens with zero attached hydrogens (tertiary/aromatic N) is 2. The molecular formula is C16H9ClF3N3O2. The van der Waals surface area contributed by atoms with E-state index < -0.39 is 17.6 Å². The SMILES string of the molecule is O=C(Nc1nnc(-c2ccc(C(F)(F)F)cc2)o1)c1cccc(Cl)c1. The van der Waals surface area contributed by atoms with Gasteiger partial charge in [0.25, 0.3) is 5.91 Å². The van der Waals surface area contributed by atoms with E-state index in [0.717, 1.165) is 12.1 Å². The fraction of sp³-hybridized carbons (Fsp3) is 0.0625. The van der Waals surface area contributed by atoms with Crippen molar-refractivity contribution >= 4 is 23.5 Å². The molecule has 0 saturated heterocycles. The third-order valence-corrected chi connectivity index (χ3v) is 3.43. The molecule has 0 aliphatic heterocycles. The van der Waals surface area contributed by atoms with Gasteiger partial charge in [0, 0.05) is 16.1 Å². The molecule has 25 heavy (non-hydrogen) atoms. The second-order valence-corrected chi connectivity index (χ2v) is 5.39. The first-order valence-corrected chi connectivity index (χ1v) is 7.29. The van der Waals surface area contributed by atoms with Crippen LogP contribution < -0.4 is 5.32 Å². The average molecular weight is 368 g/mol. The molecule has 2 aromatic carbocycles. The van der Waals surface area contributed by atoms with Gasteiger partial charge < -0.3 is 4.42 Å². The summed E-state index contributed by atoms with van der Waals surface area (Å²) in [7, 11) is 0. The van der Waals surface area contributed by atoms with E-state index in [1.54, 1.807) is 18.2 Å². The van der Waals surface area contributed by atoms with Crippen molar-refractivity contribution in [1.82, 2.24) is 10.2 Å². The number of carbonyl (C=O) groups is 1. The van der Waals surface area contributed by atoms with Crippen LogP contribution in [0.5, 0.6) is 0 Å². The van der Waals surface area contributed by atoms with Crippen molar-refractivity contribution < 1.29 is 22.4 Å². The minimum absolute atomic E-state index is 0.0184. The van der Waals surface area contributed by atoms with Crippen LogP contribution in [0.15, 0.2) is 52.9 Å². The average Bonchev–Trinajstić information content (AvgIpc) is 3.02. The second kappa shape index (κ2) is 6.56. The summed E-state index contributed by atoms with van der Waals surface area (Å²) in [5.41, 5.74) is -0.198. The number of hydrogen-bond acceptors (Lipinski definition) is 4. The first-order chi connectivity index (χ1) is 11.8. The highest BCUT2D eigenvalue weighted by Gasteiger charge is 2.30. The van der Waals surface area contributed by atoms with Gasteiger partial charge in [0.05, 0.1) is 5.56 Å². The quantitative estimate of drug-likeness (QED) is 0.731. The van der Waals surface area contributed by atoms with E-state index in [-0.39, 0.29) is 11.9 Å². The van der Waals surface area contributed by atoms with Gasteiger partial charge in [0.15, 0.2) is 0 Å². The minimum atomic E-state index is -4.43. The number of carbonyl (C=O) groups excluding carboxylic acids is 1. The molecule has 1 amide bonds. The van der Waals surface area contributed by atoms with Crippen molar-refractivity contribution in [2.75, 3.05) is 5.32 Å². The number of amides is 1. The maximum Gasteiger partial charge on any atom is 0.416 e. The Morgan fingerprint density at radius 1 is 1.08 bits per heavy atom. The van der Waals surface area contributed by atoms with Gasteiger partial charge in [-0.15, -0.1) is 5.10 Å². The molecule has 0 bridgehead atoms. The molecule has 3 rings (SSSR count).